The fourth-order valence-corrected chi connectivity index (χ4v) is 3.45. The van der Waals surface area contributed by atoms with Gasteiger partial charge in [0.15, 0.2) is 0 Å². The number of para-hydroxylation sites is 1. The lowest BCUT2D eigenvalue weighted by molar-refractivity contribution is -0.138. The molecule has 1 saturated carbocycles. The average Bonchev–Trinajstić information content (AvgIpc) is 3.06. The van der Waals surface area contributed by atoms with Crippen molar-refractivity contribution in [1.29, 1.82) is 0 Å². The lowest BCUT2D eigenvalue weighted by Crippen LogP contribution is -2.26. The quantitative estimate of drug-likeness (QED) is 0.869. The molecule has 1 aliphatic carbocycles. The first-order valence-corrected chi connectivity index (χ1v) is 7.66. The molecule has 20 heavy (non-hydrogen) atoms. The Morgan fingerprint density at radius 1 is 1.40 bits per heavy atom. The van der Waals surface area contributed by atoms with Gasteiger partial charge in [-0.15, -0.1) is 0 Å². The number of furan rings is 1. The molecule has 7 heteroatoms. The molecule has 2 atom stereocenters. The second-order valence-corrected chi connectivity index (χ2v) is 6.62. The van der Waals surface area contributed by atoms with Gasteiger partial charge in [-0.05, 0) is 24.5 Å². The number of fused-ring (bicyclic) bond motifs is 1. The van der Waals surface area contributed by atoms with Gasteiger partial charge >= 0.3 is 5.97 Å². The van der Waals surface area contributed by atoms with Crippen LogP contribution in [0.4, 0.5) is 0 Å². The molecule has 1 aromatic carbocycles. The maximum atomic E-state index is 12.2. The molecule has 1 heterocycles. The number of sulfonamides is 1. The summed E-state index contributed by atoms with van der Waals surface area (Å²) in [5.74, 6) is -1.43. The first-order valence-electron chi connectivity index (χ1n) is 6.18. The van der Waals surface area contributed by atoms with Gasteiger partial charge in [0.2, 0.25) is 10.0 Å². The van der Waals surface area contributed by atoms with E-state index in [4.69, 9.17) is 9.52 Å². The summed E-state index contributed by atoms with van der Waals surface area (Å²) in [6.07, 6.45) is 1.72. The molecule has 1 aliphatic rings. The summed E-state index contributed by atoms with van der Waals surface area (Å²) in [6.45, 7) is 0.138. The predicted octanol–water partition coefficient (Wildman–Crippen LogP) is 1.43. The Morgan fingerprint density at radius 3 is 2.85 bits per heavy atom. The number of hydrogen-bond donors (Lipinski definition) is 2. The zero-order valence-electron chi connectivity index (χ0n) is 10.4. The van der Waals surface area contributed by atoms with E-state index in [1.165, 1.54) is 6.26 Å². The van der Waals surface area contributed by atoms with Gasteiger partial charge in [0, 0.05) is 11.9 Å². The summed E-state index contributed by atoms with van der Waals surface area (Å²) in [5.41, 5.74) is 0.503. The first kappa shape index (κ1) is 13.1. The van der Waals surface area contributed by atoms with Crippen molar-refractivity contribution < 1.29 is 22.7 Å². The fourth-order valence-electron chi connectivity index (χ4n) is 2.23. The SMILES string of the molecule is O=C(O)[C@@H]1C[C@H]1CNS(=O)(=O)c1coc2ccccc12. The van der Waals surface area contributed by atoms with Gasteiger partial charge in [-0.2, -0.15) is 0 Å². The van der Waals surface area contributed by atoms with Crippen LogP contribution in [0, 0.1) is 11.8 Å². The Hall–Kier alpha value is -1.86. The molecule has 3 rings (SSSR count). The Balaban J connectivity index is 1.77. The Bertz CT molecular complexity index is 764. The molecule has 6 nitrogen and oxygen atoms in total. The number of carboxylic acid groups (broad SMARTS) is 1. The van der Waals surface area contributed by atoms with Crippen LogP contribution in [0.25, 0.3) is 11.0 Å². The van der Waals surface area contributed by atoms with Gasteiger partial charge < -0.3 is 9.52 Å². The topological polar surface area (TPSA) is 96.6 Å². The average molecular weight is 295 g/mol. The van der Waals surface area contributed by atoms with Crippen molar-refractivity contribution in [2.24, 2.45) is 11.8 Å². The van der Waals surface area contributed by atoms with Gasteiger partial charge in [0.1, 0.15) is 16.7 Å². The third kappa shape index (κ3) is 2.30. The van der Waals surface area contributed by atoms with Crippen molar-refractivity contribution in [3.05, 3.63) is 30.5 Å². The summed E-state index contributed by atoms with van der Waals surface area (Å²) in [4.78, 5) is 10.8. The number of hydrogen-bond acceptors (Lipinski definition) is 4. The number of benzene rings is 1. The molecule has 0 spiro atoms. The predicted molar refractivity (Wildman–Crippen MR) is 70.6 cm³/mol. The lowest BCUT2D eigenvalue weighted by atomic mass is 10.3. The van der Waals surface area contributed by atoms with Crippen LogP contribution in [0.5, 0.6) is 0 Å². The van der Waals surface area contributed by atoms with Gasteiger partial charge in [-0.25, -0.2) is 13.1 Å². The number of nitrogens with one attached hydrogen (secondary N) is 1. The second-order valence-electron chi connectivity index (χ2n) is 4.89. The van der Waals surface area contributed by atoms with Crippen molar-refractivity contribution in [2.45, 2.75) is 11.3 Å². The highest BCUT2D eigenvalue weighted by Gasteiger charge is 2.43. The minimum absolute atomic E-state index is 0.0839. The van der Waals surface area contributed by atoms with Crippen LogP contribution in [0.2, 0.25) is 0 Å². The van der Waals surface area contributed by atoms with Crippen LogP contribution in [-0.2, 0) is 14.8 Å². The summed E-state index contributed by atoms with van der Waals surface area (Å²) in [6, 6.07) is 6.86. The van der Waals surface area contributed by atoms with E-state index in [9.17, 15) is 13.2 Å². The molecule has 1 aromatic heterocycles. The van der Waals surface area contributed by atoms with E-state index in [0.717, 1.165) is 0 Å². The number of aliphatic carboxylic acids is 1. The minimum Gasteiger partial charge on any atom is -0.481 e. The molecule has 0 unspecified atom stereocenters. The van der Waals surface area contributed by atoms with Crippen LogP contribution in [0.1, 0.15) is 6.42 Å². The van der Waals surface area contributed by atoms with Crippen LogP contribution < -0.4 is 4.72 Å². The Kier molecular flexibility index (Phi) is 3.02. The molecule has 0 saturated heterocycles. The van der Waals surface area contributed by atoms with E-state index in [-0.39, 0.29) is 17.4 Å². The summed E-state index contributed by atoms with van der Waals surface area (Å²) < 4.78 is 32.0. The van der Waals surface area contributed by atoms with Crippen molar-refractivity contribution in [3.8, 4) is 0 Å². The molecule has 0 aliphatic heterocycles. The van der Waals surface area contributed by atoms with E-state index in [0.29, 0.717) is 17.4 Å². The first-order chi connectivity index (χ1) is 9.49. The molecule has 2 aromatic rings. The largest absolute Gasteiger partial charge is 0.481 e. The van der Waals surface area contributed by atoms with Crippen LogP contribution in [0.15, 0.2) is 39.8 Å². The third-order valence-electron chi connectivity index (χ3n) is 3.51. The molecule has 2 N–H and O–H groups in total. The van der Waals surface area contributed by atoms with E-state index in [1.54, 1.807) is 24.3 Å². The van der Waals surface area contributed by atoms with E-state index < -0.39 is 21.9 Å². The molecule has 0 bridgehead atoms. The van der Waals surface area contributed by atoms with Gasteiger partial charge in [0.25, 0.3) is 0 Å². The maximum absolute atomic E-state index is 12.2. The molecule has 106 valence electrons. The van der Waals surface area contributed by atoms with Crippen molar-refractivity contribution >= 4 is 27.0 Å². The third-order valence-corrected chi connectivity index (χ3v) is 4.95. The molecule has 1 fully saturated rings. The zero-order valence-corrected chi connectivity index (χ0v) is 11.3. The van der Waals surface area contributed by atoms with Crippen LogP contribution in [0.3, 0.4) is 0 Å². The lowest BCUT2D eigenvalue weighted by Gasteiger charge is -2.04. The fraction of sp³-hybridized carbons (Fsp3) is 0.308. The second kappa shape index (κ2) is 4.60. The number of carbonyl (C=O) groups is 1. The summed E-state index contributed by atoms with van der Waals surface area (Å²) in [7, 11) is -3.68. The van der Waals surface area contributed by atoms with E-state index in [1.807, 2.05) is 0 Å². The Morgan fingerprint density at radius 2 is 2.15 bits per heavy atom. The zero-order chi connectivity index (χ0) is 14.3. The van der Waals surface area contributed by atoms with Gasteiger partial charge in [0.05, 0.1) is 5.92 Å². The summed E-state index contributed by atoms with van der Waals surface area (Å²) >= 11 is 0. The highest BCUT2D eigenvalue weighted by Crippen LogP contribution is 2.38. The molecule has 0 radical (unpaired) electrons. The van der Waals surface area contributed by atoms with Gasteiger partial charge in [-0.3, -0.25) is 4.79 Å². The van der Waals surface area contributed by atoms with Crippen molar-refractivity contribution in [3.63, 3.8) is 0 Å². The normalized spacial score (nSPS) is 22.0. The highest BCUT2D eigenvalue weighted by atomic mass is 32.2. The monoisotopic (exact) mass is 295 g/mol. The van der Waals surface area contributed by atoms with E-state index in [2.05, 4.69) is 4.72 Å². The number of carboxylic acids is 1. The summed E-state index contributed by atoms with van der Waals surface area (Å²) in [5, 5.41) is 9.31. The van der Waals surface area contributed by atoms with Crippen LogP contribution >= 0.6 is 0 Å². The number of rotatable bonds is 5. The minimum atomic E-state index is -3.68. The molecular formula is C13H13NO5S. The standard InChI is InChI=1S/C13H13NO5S/c15-13(16)10-5-8(10)6-14-20(17,18)12-7-19-11-4-2-1-3-9(11)12/h1-4,7-8,10,14H,5-6H2,(H,15,16)/t8-,10+/m0/s1. The molecular weight excluding hydrogens is 282 g/mol. The Labute approximate surface area is 115 Å². The molecule has 0 amide bonds. The highest BCUT2D eigenvalue weighted by molar-refractivity contribution is 7.89. The van der Waals surface area contributed by atoms with Crippen molar-refractivity contribution in [2.75, 3.05) is 6.54 Å². The van der Waals surface area contributed by atoms with Crippen molar-refractivity contribution in [1.82, 2.24) is 4.72 Å². The van der Waals surface area contributed by atoms with Crippen LogP contribution in [-0.4, -0.2) is 26.0 Å². The smallest absolute Gasteiger partial charge is 0.306 e. The maximum Gasteiger partial charge on any atom is 0.306 e. The van der Waals surface area contributed by atoms with Gasteiger partial charge in [-0.1, -0.05) is 12.1 Å². The van der Waals surface area contributed by atoms with E-state index >= 15 is 0 Å².